The van der Waals surface area contributed by atoms with Gasteiger partial charge in [-0.25, -0.2) is 4.98 Å². The third kappa shape index (κ3) is 2.13. The Kier molecular flexibility index (Phi) is 2.83. The molecule has 3 rings (SSSR count). The summed E-state index contributed by atoms with van der Waals surface area (Å²) < 4.78 is 2.05. The smallest absolute Gasteiger partial charge is 0.228 e. The van der Waals surface area contributed by atoms with Gasteiger partial charge in [0.2, 0.25) is 5.91 Å². The molecule has 5 nitrogen and oxygen atoms in total. The quantitative estimate of drug-likeness (QED) is 0.869. The monoisotopic (exact) mass is 256 g/mol. The summed E-state index contributed by atoms with van der Waals surface area (Å²) in [6, 6.07) is 5.95. The van der Waals surface area contributed by atoms with Gasteiger partial charge in [0, 0.05) is 30.5 Å². The third-order valence-electron chi connectivity index (χ3n) is 3.37. The second kappa shape index (κ2) is 4.51. The van der Waals surface area contributed by atoms with Crippen molar-refractivity contribution in [2.24, 2.45) is 5.73 Å². The number of nitrogens with two attached hydrogens (primary N) is 1. The van der Waals surface area contributed by atoms with E-state index in [2.05, 4.69) is 10.3 Å². The molecular weight excluding hydrogens is 240 g/mol. The van der Waals surface area contributed by atoms with Crippen molar-refractivity contribution in [3.8, 4) is 11.3 Å². The van der Waals surface area contributed by atoms with E-state index in [1.54, 1.807) is 0 Å². The van der Waals surface area contributed by atoms with E-state index in [1.165, 1.54) is 0 Å². The molecule has 5 heteroatoms. The molecular formula is C14H16N4O. The first-order valence-corrected chi connectivity index (χ1v) is 6.34. The van der Waals surface area contributed by atoms with Gasteiger partial charge in [0.15, 0.2) is 0 Å². The second-order valence-corrected chi connectivity index (χ2v) is 4.75. The van der Waals surface area contributed by atoms with E-state index in [4.69, 9.17) is 5.73 Å². The van der Waals surface area contributed by atoms with E-state index < -0.39 is 0 Å². The van der Waals surface area contributed by atoms with Crippen LogP contribution in [0.4, 0.5) is 5.69 Å². The van der Waals surface area contributed by atoms with E-state index in [0.717, 1.165) is 34.9 Å². The topological polar surface area (TPSA) is 72.9 Å². The average Bonchev–Trinajstić information content (AvgIpc) is 2.91. The fraction of sp³-hybridized carbons (Fsp3) is 0.286. The summed E-state index contributed by atoms with van der Waals surface area (Å²) >= 11 is 0. The lowest BCUT2D eigenvalue weighted by molar-refractivity contribution is -0.115. The standard InChI is InChI=1S/C14H16N4O/c1-9-16-13(8-18(9)5-4-15)10-2-3-12-11(6-10)7-14(19)17-12/h2-3,6,8H,4-5,7,15H2,1H3,(H,17,19). The maximum absolute atomic E-state index is 11.3. The molecule has 2 aromatic rings. The minimum atomic E-state index is 0.0528. The minimum Gasteiger partial charge on any atom is -0.333 e. The number of rotatable bonds is 3. The first-order valence-electron chi connectivity index (χ1n) is 6.34. The molecule has 0 unspecified atom stereocenters. The van der Waals surface area contributed by atoms with E-state index in [0.29, 0.717) is 13.0 Å². The fourth-order valence-corrected chi connectivity index (χ4v) is 2.40. The molecule has 0 fully saturated rings. The number of nitrogens with zero attached hydrogens (tertiary/aromatic N) is 2. The van der Waals surface area contributed by atoms with Gasteiger partial charge in [-0.15, -0.1) is 0 Å². The molecule has 1 aromatic heterocycles. The summed E-state index contributed by atoms with van der Waals surface area (Å²) in [7, 11) is 0. The minimum absolute atomic E-state index is 0.0528. The zero-order chi connectivity index (χ0) is 13.4. The van der Waals surface area contributed by atoms with E-state index in [1.807, 2.05) is 35.9 Å². The first kappa shape index (κ1) is 11.9. The molecule has 1 amide bonds. The number of benzene rings is 1. The molecule has 1 aromatic carbocycles. The van der Waals surface area contributed by atoms with Crippen molar-refractivity contribution in [2.45, 2.75) is 19.9 Å². The Morgan fingerprint density at radius 3 is 3.11 bits per heavy atom. The van der Waals surface area contributed by atoms with Gasteiger partial charge in [-0.2, -0.15) is 0 Å². The number of carbonyl (C=O) groups excluding carboxylic acids is 1. The number of nitrogens with one attached hydrogen (secondary N) is 1. The van der Waals surface area contributed by atoms with Gasteiger partial charge < -0.3 is 15.6 Å². The summed E-state index contributed by atoms with van der Waals surface area (Å²) in [5.74, 6) is 1.01. The maximum Gasteiger partial charge on any atom is 0.228 e. The van der Waals surface area contributed by atoms with Crippen LogP contribution in [-0.2, 0) is 17.8 Å². The molecule has 0 saturated heterocycles. The lowest BCUT2D eigenvalue weighted by atomic mass is 10.1. The third-order valence-corrected chi connectivity index (χ3v) is 3.37. The Morgan fingerprint density at radius 2 is 2.32 bits per heavy atom. The molecule has 0 bridgehead atoms. The molecule has 0 spiro atoms. The Hall–Kier alpha value is -2.14. The van der Waals surface area contributed by atoms with Crippen molar-refractivity contribution in [3.63, 3.8) is 0 Å². The van der Waals surface area contributed by atoms with E-state index >= 15 is 0 Å². The predicted octanol–water partition coefficient (Wildman–Crippen LogP) is 1.31. The van der Waals surface area contributed by atoms with Crippen molar-refractivity contribution >= 4 is 11.6 Å². The summed E-state index contributed by atoms with van der Waals surface area (Å²) in [4.78, 5) is 15.9. The Bertz CT molecular complexity index is 645. The normalized spacial score (nSPS) is 13.5. The number of fused-ring (bicyclic) bond motifs is 1. The zero-order valence-corrected chi connectivity index (χ0v) is 10.8. The summed E-state index contributed by atoms with van der Waals surface area (Å²) in [5, 5.41) is 2.83. The maximum atomic E-state index is 11.3. The molecule has 2 heterocycles. The first-order chi connectivity index (χ1) is 9.17. The van der Waals surface area contributed by atoms with Crippen LogP contribution in [0.3, 0.4) is 0 Å². The van der Waals surface area contributed by atoms with Crippen LogP contribution in [0.5, 0.6) is 0 Å². The predicted molar refractivity (Wildman–Crippen MR) is 73.8 cm³/mol. The number of hydrogen-bond acceptors (Lipinski definition) is 3. The SMILES string of the molecule is Cc1nc(-c2ccc3c(c2)CC(=O)N3)cn1CCN. The highest BCUT2D eigenvalue weighted by molar-refractivity contribution is 5.99. The Balaban J connectivity index is 1.97. The average molecular weight is 256 g/mol. The Morgan fingerprint density at radius 1 is 1.47 bits per heavy atom. The van der Waals surface area contributed by atoms with Crippen molar-refractivity contribution < 1.29 is 4.79 Å². The van der Waals surface area contributed by atoms with Crippen LogP contribution in [0.15, 0.2) is 24.4 Å². The number of hydrogen-bond donors (Lipinski definition) is 2. The van der Waals surface area contributed by atoms with Gasteiger partial charge in [-0.1, -0.05) is 6.07 Å². The van der Waals surface area contributed by atoms with Crippen molar-refractivity contribution in [2.75, 3.05) is 11.9 Å². The zero-order valence-electron chi connectivity index (χ0n) is 10.8. The van der Waals surface area contributed by atoms with Crippen molar-refractivity contribution in [1.29, 1.82) is 0 Å². The van der Waals surface area contributed by atoms with Crippen LogP contribution >= 0.6 is 0 Å². The highest BCUT2D eigenvalue weighted by Crippen LogP contribution is 2.28. The van der Waals surface area contributed by atoms with Gasteiger partial charge in [0.25, 0.3) is 0 Å². The lowest BCUT2D eigenvalue weighted by Crippen LogP contribution is -2.10. The highest BCUT2D eigenvalue weighted by Gasteiger charge is 2.18. The van der Waals surface area contributed by atoms with Gasteiger partial charge in [-0.3, -0.25) is 4.79 Å². The van der Waals surface area contributed by atoms with Crippen LogP contribution < -0.4 is 11.1 Å². The fourth-order valence-electron chi connectivity index (χ4n) is 2.40. The number of imidazole rings is 1. The van der Waals surface area contributed by atoms with Gasteiger partial charge in [0.1, 0.15) is 5.82 Å². The molecule has 1 aliphatic rings. The molecule has 19 heavy (non-hydrogen) atoms. The number of aromatic nitrogens is 2. The van der Waals surface area contributed by atoms with Crippen LogP contribution in [0.2, 0.25) is 0 Å². The van der Waals surface area contributed by atoms with Gasteiger partial charge in [-0.05, 0) is 24.6 Å². The number of anilines is 1. The van der Waals surface area contributed by atoms with Gasteiger partial charge >= 0.3 is 0 Å². The number of carbonyl (C=O) groups is 1. The van der Waals surface area contributed by atoms with Crippen molar-refractivity contribution in [1.82, 2.24) is 9.55 Å². The number of aryl methyl sites for hydroxylation is 1. The number of amides is 1. The largest absolute Gasteiger partial charge is 0.333 e. The summed E-state index contributed by atoms with van der Waals surface area (Å²) in [5.41, 5.74) is 9.48. The summed E-state index contributed by atoms with van der Waals surface area (Å²) in [6.45, 7) is 3.33. The lowest BCUT2D eigenvalue weighted by Gasteiger charge is -2.01. The molecule has 0 atom stereocenters. The van der Waals surface area contributed by atoms with E-state index in [9.17, 15) is 4.79 Å². The molecule has 0 radical (unpaired) electrons. The highest BCUT2D eigenvalue weighted by atomic mass is 16.1. The van der Waals surface area contributed by atoms with Crippen molar-refractivity contribution in [3.05, 3.63) is 35.8 Å². The van der Waals surface area contributed by atoms with E-state index in [-0.39, 0.29) is 5.91 Å². The Labute approximate surface area is 111 Å². The van der Waals surface area contributed by atoms with Crippen LogP contribution in [0.25, 0.3) is 11.3 Å². The molecule has 98 valence electrons. The van der Waals surface area contributed by atoms with Crippen LogP contribution in [0.1, 0.15) is 11.4 Å². The summed E-state index contributed by atoms with van der Waals surface area (Å²) in [6.07, 6.45) is 2.46. The molecule has 0 saturated carbocycles. The molecule has 1 aliphatic heterocycles. The van der Waals surface area contributed by atoms with Crippen LogP contribution in [-0.4, -0.2) is 22.0 Å². The second-order valence-electron chi connectivity index (χ2n) is 4.75. The molecule has 0 aliphatic carbocycles. The molecule has 3 N–H and O–H groups in total. The van der Waals surface area contributed by atoms with Crippen LogP contribution in [0, 0.1) is 6.92 Å². The van der Waals surface area contributed by atoms with Gasteiger partial charge in [0.05, 0.1) is 12.1 Å².